The molecule has 0 nitrogen and oxygen atoms in total. The maximum Gasteiger partial charge on any atom is 0.133 e. The molecule has 0 amide bonds. The highest BCUT2D eigenvalue weighted by molar-refractivity contribution is 7.80. The molecule has 2 heteroatoms. The monoisotopic (exact) mass is 267 g/mol. The lowest BCUT2D eigenvalue weighted by atomic mass is 9.99. The van der Waals surface area contributed by atoms with Crippen LogP contribution in [0.25, 0.3) is 21.9 Å². The molecule has 0 saturated carbocycles. The molecule has 0 bridgehead atoms. The molecule has 0 aromatic heterocycles. The van der Waals surface area contributed by atoms with Crippen molar-refractivity contribution in [3.8, 4) is 11.1 Å². The van der Waals surface area contributed by atoms with Crippen molar-refractivity contribution in [3.63, 3.8) is 0 Å². The molecular weight excluding hydrogens is 255 g/mol. The molecule has 3 rings (SSSR count). The van der Waals surface area contributed by atoms with Crippen LogP contribution < -0.4 is 0 Å². The van der Waals surface area contributed by atoms with Crippen LogP contribution in [0.15, 0.2) is 53.4 Å². The van der Waals surface area contributed by atoms with E-state index < -0.39 is 0 Å². The van der Waals surface area contributed by atoms with Gasteiger partial charge in [-0.1, -0.05) is 42.5 Å². The molecule has 0 aliphatic rings. The van der Waals surface area contributed by atoms with E-state index in [9.17, 15) is 4.39 Å². The molecule has 0 atom stereocenters. The Morgan fingerprint density at radius 3 is 2.68 bits per heavy atom. The summed E-state index contributed by atoms with van der Waals surface area (Å²) in [4.78, 5) is 0.744. The number of rotatable bonds is 1. The molecule has 0 aliphatic heterocycles. The summed E-state index contributed by atoms with van der Waals surface area (Å²) in [5.74, 6) is -0.193. The zero-order valence-corrected chi connectivity index (χ0v) is 11.3. The number of hydrogen-bond donors (Lipinski definition) is 1. The van der Waals surface area contributed by atoms with Gasteiger partial charge in [-0.3, -0.25) is 0 Å². The van der Waals surface area contributed by atoms with Gasteiger partial charge < -0.3 is 0 Å². The molecule has 0 heterocycles. The maximum atomic E-state index is 14.2. The minimum atomic E-state index is -0.193. The van der Waals surface area contributed by atoms with Crippen LogP contribution in [0.1, 0.15) is 5.56 Å². The van der Waals surface area contributed by atoms with Gasteiger partial charge in [0.1, 0.15) is 5.82 Å². The van der Waals surface area contributed by atoms with Gasteiger partial charge in [-0.25, -0.2) is 4.39 Å². The third kappa shape index (κ3) is 2.13. The minimum Gasteiger partial charge on any atom is -0.206 e. The van der Waals surface area contributed by atoms with Crippen molar-refractivity contribution in [3.05, 3.63) is 66.0 Å². The number of aryl methyl sites for hydroxylation is 1. The first-order valence-electron chi connectivity index (χ1n) is 6.06. The van der Waals surface area contributed by atoms with Gasteiger partial charge >= 0.3 is 0 Å². The third-order valence-electron chi connectivity index (χ3n) is 3.25. The van der Waals surface area contributed by atoms with Gasteiger partial charge in [-0.2, -0.15) is 0 Å². The largest absolute Gasteiger partial charge is 0.206 e. The van der Waals surface area contributed by atoms with E-state index in [1.165, 1.54) is 0 Å². The summed E-state index contributed by atoms with van der Waals surface area (Å²) >= 11 is 4.45. The fourth-order valence-electron chi connectivity index (χ4n) is 2.23. The maximum absolute atomic E-state index is 14.2. The van der Waals surface area contributed by atoms with E-state index in [4.69, 9.17) is 0 Å². The standard InChI is InChI=1S/C17H12FS/c1-11-5-4-8-15(17(11)18)13-9-12-6-2-3-7-14(12)16(19)10-13/h2-9,19H,1H3. The van der Waals surface area contributed by atoms with Gasteiger partial charge in [0.25, 0.3) is 0 Å². The molecule has 0 fully saturated rings. The van der Waals surface area contributed by atoms with Crippen LogP contribution in [-0.4, -0.2) is 0 Å². The molecule has 3 aromatic rings. The van der Waals surface area contributed by atoms with Crippen molar-refractivity contribution < 1.29 is 4.39 Å². The predicted octanol–water partition coefficient (Wildman–Crippen LogP) is 5.04. The Balaban J connectivity index is 2.29. The molecular formula is C17H12FS. The van der Waals surface area contributed by atoms with Crippen LogP contribution in [0.5, 0.6) is 0 Å². The molecule has 19 heavy (non-hydrogen) atoms. The molecule has 0 saturated heterocycles. The fourth-order valence-corrected chi connectivity index (χ4v) is 2.55. The third-order valence-corrected chi connectivity index (χ3v) is 3.60. The molecule has 0 spiro atoms. The SMILES string of the molecule is Cc1cccc(-c2[c]c(S)c3ccccc3c2)c1F. The van der Waals surface area contributed by atoms with E-state index in [2.05, 4.69) is 18.7 Å². The Bertz CT molecular complexity index is 762. The first-order chi connectivity index (χ1) is 9.16. The van der Waals surface area contributed by atoms with E-state index in [1.807, 2.05) is 36.4 Å². The highest BCUT2D eigenvalue weighted by Gasteiger charge is 2.09. The van der Waals surface area contributed by atoms with Crippen LogP contribution in [0.2, 0.25) is 0 Å². The zero-order valence-electron chi connectivity index (χ0n) is 10.4. The van der Waals surface area contributed by atoms with Crippen LogP contribution >= 0.6 is 12.6 Å². The summed E-state index contributed by atoms with van der Waals surface area (Å²) in [7, 11) is 0. The van der Waals surface area contributed by atoms with E-state index in [1.54, 1.807) is 19.1 Å². The van der Waals surface area contributed by atoms with Crippen molar-refractivity contribution in [2.45, 2.75) is 11.8 Å². The molecule has 93 valence electrons. The van der Waals surface area contributed by atoms with Crippen molar-refractivity contribution in [2.75, 3.05) is 0 Å². The lowest BCUT2D eigenvalue weighted by Gasteiger charge is -2.08. The summed E-state index contributed by atoms with van der Waals surface area (Å²) in [5, 5.41) is 2.07. The number of halogens is 1. The van der Waals surface area contributed by atoms with E-state index in [0.717, 1.165) is 21.2 Å². The van der Waals surface area contributed by atoms with Gasteiger partial charge in [-0.15, -0.1) is 12.6 Å². The predicted molar refractivity (Wildman–Crippen MR) is 80.2 cm³/mol. The van der Waals surface area contributed by atoms with Gasteiger partial charge in [0.15, 0.2) is 0 Å². The second kappa shape index (κ2) is 4.71. The average Bonchev–Trinajstić information content (AvgIpc) is 2.42. The normalized spacial score (nSPS) is 10.9. The fraction of sp³-hybridized carbons (Fsp3) is 0.0588. The highest BCUT2D eigenvalue weighted by atomic mass is 32.1. The van der Waals surface area contributed by atoms with Gasteiger partial charge in [0.2, 0.25) is 0 Å². The van der Waals surface area contributed by atoms with Gasteiger partial charge in [0, 0.05) is 16.5 Å². The Kier molecular flexibility index (Phi) is 3.03. The first-order valence-corrected chi connectivity index (χ1v) is 6.51. The Morgan fingerprint density at radius 2 is 1.84 bits per heavy atom. The number of thiol groups is 1. The topological polar surface area (TPSA) is 0 Å². The zero-order chi connectivity index (χ0) is 13.4. The summed E-state index contributed by atoms with van der Waals surface area (Å²) in [5.41, 5.74) is 1.95. The minimum absolute atomic E-state index is 0.193. The summed E-state index contributed by atoms with van der Waals surface area (Å²) in [6.07, 6.45) is 0. The number of hydrogen-bond acceptors (Lipinski definition) is 1. The van der Waals surface area contributed by atoms with Crippen LogP contribution in [-0.2, 0) is 0 Å². The van der Waals surface area contributed by atoms with Crippen LogP contribution in [0, 0.1) is 18.8 Å². The van der Waals surface area contributed by atoms with Crippen molar-refractivity contribution in [1.29, 1.82) is 0 Å². The molecule has 0 unspecified atom stereocenters. The van der Waals surface area contributed by atoms with Crippen LogP contribution in [0.4, 0.5) is 4.39 Å². The molecule has 0 aliphatic carbocycles. The van der Waals surface area contributed by atoms with E-state index >= 15 is 0 Å². The molecule has 1 radical (unpaired) electrons. The smallest absolute Gasteiger partial charge is 0.133 e. The second-order valence-electron chi connectivity index (χ2n) is 4.56. The van der Waals surface area contributed by atoms with Crippen molar-refractivity contribution in [2.24, 2.45) is 0 Å². The Morgan fingerprint density at radius 1 is 1.05 bits per heavy atom. The lowest BCUT2D eigenvalue weighted by molar-refractivity contribution is 0.622. The Hall–Kier alpha value is -1.80. The lowest BCUT2D eigenvalue weighted by Crippen LogP contribution is -1.89. The second-order valence-corrected chi connectivity index (χ2v) is 5.00. The van der Waals surface area contributed by atoms with E-state index in [0.29, 0.717) is 11.1 Å². The van der Waals surface area contributed by atoms with Crippen LogP contribution in [0.3, 0.4) is 0 Å². The highest BCUT2D eigenvalue weighted by Crippen LogP contribution is 2.31. The number of fused-ring (bicyclic) bond motifs is 1. The summed E-state index contributed by atoms with van der Waals surface area (Å²) in [6.45, 7) is 1.77. The average molecular weight is 267 g/mol. The summed E-state index contributed by atoms with van der Waals surface area (Å²) < 4.78 is 14.2. The first kappa shape index (κ1) is 12.2. The number of benzene rings is 3. The Labute approximate surface area is 117 Å². The summed E-state index contributed by atoms with van der Waals surface area (Å²) in [6, 6.07) is 18.4. The van der Waals surface area contributed by atoms with Gasteiger partial charge in [0.05, 0.1) is 0 Å². The van der Waals surface area contributed by atoms with Crippen molar-refractivity contribution in [1.82, 2.24) is 0 Å². The molecule has 0 N–H and O–H groups in total. The van der Waals surface area contributed by atoms with Crippen molar-refractivity contribution >= 4 is 23.4 Å². The molecule has 3 aromatic carbocycles. The quantitative estimate of drug-likeness (QED) is 0.586. The van der Waals surface area contributed by atoms with E-state index in [-0.39, 0.29) is 5.82 Å². The van der Waals surface area contributed by atoms with Gasteiger partial charge in [-0.05, 0) is 34.9 Å².